The van der Waals surface area contributed by atoms with Gasteiger partial charge in [0.05, 0.1) is 6.61 Å². The molecule has 1 atom stereocenters. The molecule has 1 aliphatic rings. The topological polar surface area (TPSA) is 29.5 Å². The summed E-state index contributed by atoms with van der Waals surface area (Å²) in [6.07, 6.45) is 1.63. The molecule has 1 fully saturated rings. The largest absolute Gasteiger partial charge is 0.382 e. The number of ether oxygens (including phenoxy) is 1. The van der Waals surface area contributed by atoms with E-state index in [1.807, 2.05) is 0 Å². The van der Waals surface area contributed by atoms with Gasteiger partial charge >= 0.3 is 0 Å². The molecule has 16 heavy (non-hydrogen) atoms. The van der Waals surface area contributed by atoms with Crippen LogP contribution in [0.2, 0.25) is 0 Å². The molecular formula is C12H14F2O2. The van der Waals surface area contributed by atoms with Crippen molar-refractivity contribution in [3.63, 3.8) is 0 Å². The molecule has 1 unspecified atom stereocenters. The first kappa shape index (κ1) is 11.5. The molecular weight excluding hydrogens is 214 g/mol. The van der Waals surface area contributed by atoms with E-state index in [0.717, 1.165) is 31.0 Å². The average molecular weight is 228 g/mol. The maximum absolute atomic E-state index is 13.6. The van der Waals surface area contributed by atoms with Crippen molar-refractivity contribution in [1.29, 1.82) is 0 Å². The Labute approximate surface area is 92.9 Å². The quantitative estimate of drug-likeness (QED) is 0.856. The predicted octanol–water partition coefficient (Wildman–Crippen LogP) is 2.21. The van der Waals surface area contributed by atoms with Crippen molar-refractivity contribution >= 4 is 0 Å². The minimum absolute atomic E-state index is 0.00292. The van der Waals surface area contributed by atoms with Gasteiger partial charge < -0.3 is 9.84 Å². The number of aliphatic hydroxyl groups is 1. The molecule has 0 amide bonds. The third-order valence-corrected chi connectivity index (χ3v) is 3.01. The van der Waals surface area contributed by atoms with Gasteiger partial charge in [-0.25, -0.2) is 8.78 Å². The molecule has 1 aliphatic carbocycles. The molecule has 0 radical (unpaired) electrons. The molecule has 88 valence electrons. The van der Waals surface area contributed by atoms with Gasteiger partial charge in [0.15, 0.2) is 0 Å². The second-order valence-corrected chi connectivity index (χ2v) is 4.26. The molecule has 0 heterocycles. The van der Waals surface area contributed by atoms with Crippen LogP contribution in [0.4, 0.5) is 8.78 Å². The second-order valence-electron chi connectivity index (χ2n) is 4.26. The molecule has 0 spiro atoms. The van der Waals surface area contributed by atoms with Crippen molar-refractivity contribution in [3.05, 3.63) is 35.4 Å². The van der Waals surface area contributed by atoms with Crippen LogP contribution < -0.4 is 0 Å². The summed E-state index contributed by atoms with van der Waals surface area (Å²) < 4.78 is 31.6. The van der Waals surface area contributed by atoms with Crippen molar-refractivity contribution in [2.24, 2.45) is 5.92 Å². The number of rotatable bonds is 4. The Balaban J connectivity index is 2.41. The summed E-state index contributed by atoms with van der Waals surface area (Å²) in [5.74, 6) is -1.18. The number of benzene rings is 1. The number of hydrogen-bond acceptors (Lipinski definition) is 2. The Morgan fingerprint density at radius 1 is 1.44 bits per heavy atom. The molecule has 0 bridgehead atoms. The molecule has 1 saturated carbocycles. The van der Waals surface area contributed by atoms with Crippen LogP contribution >= 0.6 is 0 Å². The van der Waals surface area contributed by atoms with Crippen LogP contribution in [0.3, 0.4) is 0 Å². The Morgan fingerprint density at radius 2 is 2.12 bits per heavy atom. The van der Waals surface area contributed by atoms with Gasteiger partial charge in [-0.15, -0.1) is 0 Å². The van der Waals surface area contributed by atoms with Crippen molar-refractivity contribution in [1.82, 2.24) is 0 Å². The minimum Gasteiger partial charge on any atom is -0.382 e. The second kappa shape index (κ2) is 4.11. The monoisotopic (exact) mass is 228 g/mol. The molecule has 0 aromatic heterocycles. The van der Waals surface area contributed by atoms with Gasteiger partial charge in [0, 0.05) is 12.7 Å². The Morgan fingerprint density at radius 3 is 2.69 bits per heavy atom. The van der Waals surface area contributed by atoms with Gasteiger partial charge in [0.2, 0.25) is 0 Å². The third-order valence-electron chi connectivity index (χ3n) is 3.01. The van der Waals surface area contributed by atoms with Gasteiger partial charge in [0.1, 0.15) is 17.2 Å². The van der Waals surface area contributed by atoms with Crippen molar-refractivity contribution < 1.29 is 18.6 Å². The summed E-state index contributed by atoms with van der Waals surface area (Å²) in [6, 6.07) is 3.12. The number of halogens is 2. The fraction of sp³-hybridized carbons (Fsp3) is 0.500. The van der Waals surface area contributed by atoms with Crippen LogP contribution in [0, 0.1) is 17.6 Å². The zero-order valence-electron chi connectivity index (χ0n) is 9.04. The maximum Gasteiger partial charge on any atom is 0.129 e. The van der Waals surface area contributed by atoms with E-state index in [4.69, 9.17) is 4.74 Å². The summed E-state index contributed by atoms with van der Waals surface area (Å²) in [5.41, 5.74) is -1.40. The molecule has 2 nitrogen and oxygen atoms in total. The molecule has 0 aliphatic heterocycles. The molecule has 4 heteroatoms. The summed E-state index contributed by atoms with van der Waals surface area (Å²) in [6.45, 7) is -0.0158. The van der Waals surface area contributed by atoms with Gasteiger partial charge in [-0.05, 0) is 37.0 Å². The normalized spacial score (nSPS) is 19.5. The smallest absolute Gasteiger partial charge is 0.129 e. The summed E-state index contributed by atoms with van der Waals surface area (Å²) in [4.78, 5) is 0. The van der Waals surface area contributed by atoms with Crippen molar-refractivity contribution in [3.8, 4) is 0 Å². The lowest BCUT2D eigenvalue weighted by atomic mass is 9.89. The molecule has 1 aromatic rings. The fourth-order valence-corrected chi connectivity index (χ4v) is 2.03. The first-order valence-electron chi connectivity index (χ1n) is 5.25. The summed E-state index contributed by atoms with van der Waals surface area (Å²) in [5, 5.41) is 10.4. The minimum atomic E-state index is -1.40. The van der Waals surface area contributed by atoms with Crippen LogP contribution in [-0.4, -0.2) is 18.8 Å². The van der Waals surface area contributed by atoms with Crippen LogP contribution in [0.25, 0.3) is 0 Å². The number of methoxy groups -OCH3 is 1. The van der Waals surface area contributed by atoms with Crippen LogP contribution in [0.5, 0.6) is 0 Å². The molecule has 2 rings (SSSR count). The summed E-state index contributed by atoms with van der Waals surface area (Å²) in [7, 11) is 1.44. The summed E-state index contributed by atoms with van der Waals surface area (Å²) >= 11 is 0. The Kier molecular flexibility index (Phi) is 2.95. The Bertz CT molecular complexity index is 391. The van der Waals surface area contributed by atoms with E-state index in [1.54, 1.807) is 0 Å². The van der Waals surface area contributed by atoms with E-state index in [-0.39, 0.29) is 18.1 Å². The Hall–Kier alpha value is -1.00. The molecule has 0 saturated heterocycles. The third kappa shape index (κ3) is 1.95. The lowest BCUT2D eigenvalue weighted by Gasteiger charge is -2.28. The first-order valence-corrected chi connectivity index (χ1v) is 5.25. The van der Waals surface area contributed by atoms with Gasteiger partial charge in [0.25, 0.3) is 0 Å². The van der Waals surface area contributed by atoms with E-state index in [2.05, 4.69) is 0 Å². The average Bonchev–Trinajstić information content (AvgIpc) is 3.05. The van der Waals surface area contributed by atoms with Crippen LogP contribution in [0.1, 0.15) is 18.4 Å². The predicted molar refractivity (Wildman–Crippen MR) is 54.9 cm³/mol. The van der Waals surface area contributed by atoms with E-state index < -0.39 is 17.2 Å². The van der Waals surface area contributed by atoms with Gasteiger partial charge in [-0.1, -0.05) is 0 Å². The SMILES string of the molecule is COCC(O)(c1cc(F)ccc1F)C1CC1. The van der Waals surface area contributed by atoms with E-state index in [1.165, 1.54) is 7.11 Å². The van der Waals surface area contributed by atoms with Gasteiger partial charge in [-0.3, -0.25) is 0 Å². The maximum atomic E-state index is 13.6. The first-order chi connectivity index (χ1) is 7.58. The lowest BCUT2D eigenvalue weighted by molar-refractivity contribution is -0.0557. The van der Waals surface area contributed by atoms with E-state index in [0.29, 0.717) is 0 Å². The standard InChI is InChI=1S/C12H14F2O2/c1-16-7-12(15,8-2-3-8)10-6-9(13)4-5-11(10)14/h4-6,8,15H,2-3,7H2,1H3. The van der Waals surface area contributed by atoms with Gasteiger partial charge in [-0.2, -0.15) is 0 Å². The fourth-order valence-electron chi connectivity index (χ4n) is 2.03. The molecule has 1 N–H and O–H groups in total. The zero-order valence-corrected chi connectivity index (χ0v) is 9.04. The highest BCUT2D eigenvalue weighted by atomic mass is 19.1. The zero-order chi connectivity index (χ0) is 11.8. The highest BCUT2D eigenvalue weighted by Crippen LogP contribution is 2.46. The lowest BCUT2D eigenvalue weighted by Crippen LogP contribution is -2.34. The van der Waals surface area contributed by atoms with E-state index >= 15 is 0 Å². The van der Waals surface area contributed by atoms with E-state index in [9.17, 15) is 13.9 Å². The highest BCUT2D eigenvalue weighted by molar-refractivity contribution is 5.27. The molecule has 1 aromatic carbocycles. The van der Waals surface area contributed by atoms with Crippen molar-refractivity contribution in [2.45, 2.75) is 18.4 Å². The van der Waals surface area contributed by atoms with Crippen molar-refractivity contribution in [2.75, 3.05) is 13.7 Å². The van der Waals surface area contributed by atoms with Crippen LogP contribution in [-0.2, 0) is 10.3 Å². The van der Waals surface area contributed by atoms with Crippen LogP contribution in [0.15, 0.2) is 18.2 Å². The highest BCUT2D eigenvalue weighted by Gasteiger charge is 2.46. The number of hydrogen-bond donors (Lipinski definition) is 1.